The van der Waals surface area contributed by atoms with Crippen molar-refractivity contribution in [2.45, 2.75) is 13.5 Å². The number of rotatable bonds is 3. The van der Waals surface area contributed by atoms with Gasteiger partial charge in [0.1, 0.15) is 0 Å². The topological polar surface area (TPSA) is 58.9 Å². The van der Waals surface area contributed by atoms with E-state index in [-0.39, 0.29) is 5.43 Å². The Kier molecular flexibility index (Phi) is 3.42. The molecule has 14 heavy (non-hydrogen) atoms. The summed E-state index contributed by atoms with van der Waals surface area (Å²) in [6.07, 6.45) is 5.11. The third-order valence-electron chi connectivity index (χ3n) is 1.94. The second kappa shape index (κ2) is 4.58. The van der Waals surface area contributed by atoms with Crippen LogP contribution in [0.5, 0.6) is 0 Å². The van der Waals surface area contributed by atoms with Crippen molar-refractivity contribution in [1.82, 2.24) is 4.98 Å². The fraction of sp³-hybridized carbons (Fsp3) is 0.182. The van der Waals surface area contributed by atoms with Gasteiger partial charge in [0.05, 0.1) is 0 Å². The van der Waals surface area contributed by atoms with Gasteiger partial charge in [0.15, 0.2) is 5.43 Å². The largest absolute Gasteiger partial charge is 0.361 e. The van der Waals surface area contributed by atoms with E-state index in [0.29, 0.717) is 12.1 Å². The zero-order valence-electron chi connectivity index (χ0n) is 8.21. The average Bonchev–Trinajstić information content (AvgIpc) is 2.16. The first kappa shape index (κ1) is 10.5. The van der Waals surface area contributed by atoms with Crippen LogP contribution < -0.4 is 11.2 Å². The van der Waals surface area contributed by atoms with E-state index in [1.807, 2.05) is 6.92 Å². The number of aromatic nitrogens is 1. The minimum Gasteiger partial charge on any atom is -0.361 e. The molecule has 3 heteroatoms. The van der Waals surface area contributed by atoms with Crippen LogP contribution >= 0.6 is 0 Å². The van der Waals surface area contributed by atoms with Crippen molar-refractivity contribution in [2.24, 2.45) is 5.73 Å². The number of pyridine rings is 1. The van der Waals surface area contributed by atoms with Crippen LogP contribution in [-0.4, -0.2) is 4.98 Å². The van der Waals surface area contributed by atoms with Crippen molar-refractivity contribution in [3.8, 4) is 0 Å². The highest BCUT2D eigenvalue weighted by Gasteiger charge is 2.01. The Hall–Kier alpha value is -1.61. The Balaban J connectivity index is 3.25. The number of nitrogens with two attached hydrogens (primary N) is 1. The van der Waals surface area contributed by atoms with Crippen molar-refractivity contribution in [2.75, 3.05) is 0 Å². The Morgan fingerprint density at radius 2 is 2.36 bits per heavy atom. The van der Waals surface area contributed by atoms with Crippen molar-refractivity contribution in [3.05, 3.63) is 52.0 Å². The van der Waals surface area contributed by atoms with E-state index in [2.05, 4.69) is 11.6 Å². The van der Waals surface area contributed by atoms with Gasteiger partial charge in [-0.3, -0.25) is 4.79 Å². The molecule has 0 aliphatic carbocycles. The summed E-state index contributed by atoms with van der Waals surface area (Å²) in [5.41, 5.74) is 7.66. The molecule has 0 aliphatic heterocycles. The summed E-state index contributed by atoms with van der Waals surface area (Å²) in [5.74, 6) is 0. The maximum Gasteiger partial charge on any atom is 0.189 e. The van der Waals surface area contributed by atoms with Crippen LogP contribution in [0.3, 0.4) is 0 Å². The van der Waals surface area contributed by atoms with E-state index in [0.717, 1.165) is 11.4 Å². The van der Waals surface area contributed by atoms with E-state index in [4.69, 9.17) is 5.73 Å². The summed E-state index contributed by atoms with van der Waals surface area (Å²) in [6.45, 7) is 5.75. The monoisotopic (exact) mass is 190 g/mol. The molecule has 0 amide bonds. The number of aryl methyl sites for hydroxylation is 1. The molecular weight excluding hydrogens is 176 g/mol. The van der Waals surface area contributed by atoms with Crippen LogP contribution in [0.1, 0.15) is 17.0 Å². The zero-order chi connectivity index (χ0) is 10.6. The quantitative estimate of drug-likeness (QED) is 0.707. The maximum atomic E-state index is 11.6. The molecule has 0 aromatic carbocycles. The molecule has 0 aliphatic rings. The van der Waals surface area contributed by atoms with Gasteiger partial charge >= 0.3 is 0 Å². The van der Waals surface area contributed by atoms with Crippen molar-refractivity contribution in [1.29, 1.82) is 0 Å². The summed E-state index contributed by atoms with van der Waals surface area (Å²) in [5, 5.41) is 0. The van der Waals surface area contributed by atoms with E-state index in [9.17, 15) is 4.79 Å². The maximum absolute atomic E-state index is 11.6. The standard InChI is InChI=1S/C11H14N2O/c1-3-4-5-10-8(2)13-9(7-12)6-11(10)14/h3-6H,1,7,12H2,2H3,(H,13,14)/b5-4-. The Morgan fingerprint density at radius 3 is 2.86 bits per heavy atom. The Bertz CT molecular complexity index is 416. The van der Waals surface area contributed by atoms with E-state index in [1.165, 1.54) is 6.07 Å². The fourth-order valence-electron chi connectivity index (χ4n) is 1.25. The smallest absolute Gasteiger partial charge is 0.189 e. The highest BCUT2D eigenvalue weighted by atomic mass is 16.1. The third kappa shape index (κ3) is 2.20. The van der Waals surface area contributed by atoms with Crippen LogP contribution in [-0.2, 0) is 6.54 Å². The molecule has 0 saturated carbocycles. The van der Waals surface area contributed by atoms with Crippen LogP contribution in [0, 0.1) is 6.92 Å². The second-order valence-corrected chi connectivity index (χ2v) is 3.00. The molecule has 1 aromatic rings. The van der Waals surface area contributed by atoms with Gasteiger partial charge in [-0.1, -0.05) is 18.7 Å². The van der Waals surface area contributed by atoms with Crippen molar-refractivity contribution in [3.63, 3.8) is 0 Å². The van der Waals surface area contributed by atoms with Crippen molar-refractivity contribution < 1.29 is 0 Å². The first-order valence-electron chi connectivity index (χ1n) is 4.41. The Labute approximate surface area is 83.0 Å². The van der Waals surface area contributed by atoms with Gasteiger partial charge in [-0.15, -0.1) is 0 Å². The lowest BCUT2D eigenvalue weighted by Crippen LogP contribution is -2.12. The molecule has 3 nitrogen and oxygen atoms in total. The van der Waals surface area contributed by atoms with Gasteiger partial charge in [-0.25, -0.2) is 0 Å². The van der Waals surface area contributed by atoms with Crippen LogP contribution in [0.2, 0.25) is 0 Å². The number of aromatic amines is 1. The lowest BCUT2D eigenvalue weighted by atomic mass is 10.1. The molecule has 1 aromatic heterocycles. The van der Waals surface area contributed by atoms with E-state index >= 15 is 0 Å². The zero-order valence-corrected chi connectivity index (χ0v) is 8.21. The SMILES string of the molecule is C=C/C=C\c1c(C)[nH]c(CN)cc1=O. The second-order valence-electron chi connectivity index (χ2n) is 3.00. The van der Waals surface area contributed by atoms with Gasteiger partial charge in [0.2, 0.25) is 0 Å². The summed E-state index contributed by atoms with van der Waals surface area (Å²) in [4.78, 5) is 14.6. The number of H-pyrrole nitrogens is 1. The fourth-order valence-corrected chi connectivity index (χ4v) is 1.25. The summed E-state index contributed by atoms with van der Waals surface area (Å²) < 4.78 is 0. The van der Waals surface area contributed by atoms with Gasteiger partial charge in [0.25, 0.3) is 0 Å². The first-order chi connectivity index (χ1) is 6.69. The molecule has 1 rings (SSSR count). The van der Waals surface area contributed by atoms with Crippen molar-refractivity contribution >= 4 is 6.08 Å². The molecule has 0 radical (unpaired) electrons. The highest BCUT2D eigenvalue weighted by molar-refractivity contribution is 5.53. The summed E-state index contributed by atoms with van der Waals surface area (Å²) in [7, 11) is 0. The minimum absolute atomic E-state index is 0.0141. The number of nitrogens with one attached hydrogen (secondary N) is 1. The average molecular weight is 190 g/mol. The summed E-state index contributed by atoms with van der Waals surface area (Å²) >= 11 is 0. The van der Waals surface area contributed by atoms with Gasteiger partial charge in [0, 0.05) is 29.6 Å². The van der Waals surface area contributed by atoms with Crippen LogP contribution in [0.25, 0.3) is 6.08 Å². The predicted molar refractivity (Wildman–Crippen MR) is 58.9 cm³/mol. The molecular formula is C11H14N2O. The van der Waals surface area contributed by atoms with Gasteiger partial charge < -0.3 is 10.7 Å². The molecule has 3 N–H and O–H groups in total. The molecule has 0 saturated heterocycles. The van der Waals surface area contributed by atoms with Crippen LogP contribution in [0.15, 0.2) is 29.6 Å². The molecule has 1 heterocycles. The lowest BCUT2D eigenvalue weighted by Gasteiger charge is -2.03. The summed E-state index contributed by atoms with van der Waals surface area (Å²) in [6, 6.07) is 1.52. The van der Waals surface area contributed by atoms with Crippen LogP contribution in [0.4, 0.5) is 0 Å². The number of hydrogen-bond donors (Lipinski definition) is 2. The van der Waals surface area contributed by atoms with Gasteiger partial charge in [-0.2, -0.15) is 0 Å². The number of allylic oxidation sites excluding steroid dienone is 2. The lowest BCUT2D eigenvalue weighted by molar-refractivity contribution is 0.960. The molecule has 0 atom stereocenters. The normalized spacial score (nSPS) is 10.7. The molecule has 0 fully saturated rings. The molecule has 0 bridgehead atoms. The first-order valence-corrected chi connectivity index (χ1v) is 4.41. The highest BCUT2D eigenvalue weighted by Crippen LogP contribution is 2.03. The molecule has 0 spiro atoms. The van der Waals surface area contributed by atoms with Gasteiger partial charge in [-0.05, 0) is 13.0 Å². The third-order valence-corrected chi connectivity index (χ3v) is 1.94. The molecule has 0 unspecified atom stereocenters. The number of hydrogen-bond acceptors (Lipinski definition) is 2. The molecule has 74 valence electrons. The predicted octanol–water partition coefficient (Wildman–Crippen LogP) is 1.34. The van der Waals surface area contributed by atoms with E-state index in [1.54, 1.807) is 18.2 Å². The van der Waals surface area contributed by atoms with E-state index < -0.39 is 0 Å². The Morgan fingerprint density at radius 1 is 1.64 bits per heavy atom. The minimum atomic E-state index is -0.0141.